The number of hydrogen-bond donors (Lipinski definition) is 4. The fraction of sp³-hybridized carbons (Fsp3) is 0.333. The normalized spacial score (nSPS) is 13.7. The highest BCUT2D eigenvalue weighted by atomic mass is 16.4. The SMILES string of the molecule is CC(N)C(=O)NC(Cc1ccccc1O)C(=O)O. The number of nitrogens with two attached hydrogens (primary N) is 1. The molecule has 1 aromatic rings. The van der Waals surface area contributed by atoms with Gasteiger partial charge in [0.05, 0.1) is 6.04 Å². The molecule has 0 heterocycles. The van der Waals surface area contributed by atoms with Gasteiger partial charge in [0.15, 0.2) is 0 Å². The van der Waals surface area contributed by atoms with Gasteiger partial charge in [-0.15, -0.1) is 0 Å². The Hall–Kier alpha value is -2.08. The van der Waals surface area contributed by atoms with Crippen LogP contribution in [0.5, 0.6) is 5.75 Å². The second kappa shape index (κ2) is 6.02. The Morgan fingerprint density at radius 2 is 2.00 bits per heavy atom. The predicted molar refractivity (Wildman–Crippen MR) is 65.0 cm³/mol. The molecule has 0 fully saturated rings. The van der Waals surface area contributed by atoms with Gasteiger partial charge in [0, 0.05) is 6.42 Å². The number of carbonyl (C=O) groups excluding carboxylic acids is 1. The average Bonchev–Trinajstić information content (AvgIpc) is 2.30. The Bertz CT molecular complexity index is 445. The summed E-state index contributed by atoms with van der Waals surface area (Å²) in [5.41, 5.74) is 5.81. The summed E-state index contributed by atoms with van der Waals surface area (Å²) in [6, 6.07) is 4.48. The average molecular weight is 252 g/mol. The second-order valence-corrected chi connectivity index (χ2v) is 4.02. The van der Waals surface area contributed by atoms with Crippen LogP contribution in [0.2, 0.25) is 0 Å². The van der Waals surface area contributed by atoms with Crippen molar-refractivity contribution < 1.29 is 19.8 Å². The molecule has 6 heteroatoms. The molecule has 0 aliphatic carbocycles. The van der Waals surface area contributed by atoms with Crippen LogP contribution in [0.25, 0.3) is 0 Å². The number of carboxylic acids is 1. The predicted octanol–water partition coefficient (Wildman–Crippen LogP) is -0.149. The van der Waals surface area contributed by atoms with Gasteiger partial charge in [-0.3, -0.25) is 4.79 Å². The number of rotatable bonds is 5. The first kappa shape index (κ1) is 14.0. The maximum Gasteiger partial charge on any atom is 0.326 e. The van der Waals surface area contributed by atoms with Crippen molar-refractivity contribution in [2.75, 3.05) is 0 Å². The van der Waals surface area contributed by atoms with E-state index in [2.05, 4.69) is 5.32 Å². The van der Waals surface area contributed by atoms with Crippen LogP contribution in [-0.4, -0.2) is 34.2 Å². The Labute approximate surface area is 104 Å². The van der Waals surface area contributed by atoms with Crippen LogP contribution in [0.1, 0.15) is 12.5 Å². The van der Waals surface area contributed by atoms with E-state index in [0.29, 0.717) is 5.56 Å². The summed E-state index contributed by atoms with van der Waals surface area (Å²) in [7, 11) is 0. The molecule has 1 rings (SSSR count). The summed E-state index contributed by atoms with van der Waals surface area (Å²) >= 11 is 0. The van der Waals surface area contributed by atoms with E-state index in [1.54, 1.807) is 18.2 Å². The van der Waals surface area contributed by atoms with Gasteiger partial charge in [-0.25, -0.2) is 4.79 Å². The summed E-state index contributed by atoms with van der Waals surface area (Å²) < 4.78 is 0. The first-order valence-electron chi connectivity index (χ1n) is 5.47. The van der Waals surface area contributed by atoms with Gasteiger partial charge < -0.3 is 21.3 Å². The Kier molecular flexibility index (Phi) is 4.67. The van der Waals surface area contributed by atoms with Gasteiger partial charge >= 0.3 is 5.97 Å². The van der Waals surface area contributed by atoms with Crippen molar-refractivity contribution in [1.29, 1.82) is 0 Å². The third-order valence-corrected chi connectivity index (χ3v) is 2.44. The lowest BCUT2D eigenvalue weighted by molar-refractivity contribution is -0.141. The Morgan fingerprint density at radius 3 is 2.50 bits per heavy atom. The van der Waals surface area contributed by atoms with Crippen molar-refractivity contribution in [2.24, 2.45) is 5.73 Å². The van der Waals surface area contributed by atoms with Crippen molar-refractivity contribution in [3.63, 3.8) is 0 Å². The Morgan fingerprint density at radius 1 is 1.39 bits per heavy atom. The van der Waals surface area contributed by atoms with Crippen LogP contribution in [0.4, 0.5) is 0 Å². The van der Waals surface area contributed by atoms with E-state index in [1.165, 1.54) is 13.0 Å². The molecule has 2 unspecified atom stereocenters. The second-order valence-electron chi connectivity index (χ2n) is 4.02. The van der Waals surface area contributed by atoms with Crippen molar-refractivity contribution in [1.82, 2.24) is 5.32 Å². The molecule has 0 aliphatic heterocycles. The minimum Gasteiger partial charge on any atom is -0.508 e. The van der Waals surface area contributed by atoms with Gasteiger partial charge in [0.2, 0.25) is 5.91 Å². The molecule has 0 spiro atoms. The topological polar surface area (TPSA) is 113 Å². The van der Waals surface area contributed by atoms with Crippen LogP contribution >= 0.6 is 0 Å². The maximum atomic E-state index is 11.4. The molecule has 5 N–H and O–H groups in total. The molecule has 0 aromatic heterocycles. The highest BCUT2D eigenvalue weighted by Crippen LogP contribution is 2.17. The van der Waals surface area contributed by atoms with Crippen molar-refractivity contribution in [2.45, 2.75) is 25.4 Å². The van der Waals surface area contributed by atoms with E-state index in [4.69, 9.17) is 10.8 Å². The molecular weight excluding hydrogens is 236 g/mol. The molecule has 1 aromatic carbocycles. The molecule has 0 radical (unpaired) electrons. The summed E-state index contributed by atoms with van der Waals surface area (Å²) in [4.78, 5) is 22.4. The number of amides is 1. The summed E-state index contributed by atoms with van der Waals surface area (Å²) in [5.74, 6) is -1.72. The number of para-hydroxylation sites is 1. The number of nitrogens with one attached hydrogen (secondary N) is 1. The smallest absolute Gasteiger partial charge is 0.326 e. The van der Waals surface area contributed by atoms with Crippen molar-refractivity contribution in [3.05, 3.63) is 29.8 Å². The van der Waals surface area contributed by atoms with Gasteiger partial charge in [0.1, 0.15) is 11.8 Å². The summed E-state index contributed by atoms with van der Waals surface area (Å²) in [5, 5.41) is 20.9. The van der Waals surface area contributed by atoms with E-state index in [9.17, 15) is 14.7 Å². The highest BCUT2D eigenvalue weighted by Gasteiger charge is 2.22. The van der Waals surface area contributed by atoms with Crippen molar-refractivity contribution in [3.8, 4) is 5.75 Å². The molecule has 0 aliphatic rings. The first-order chi connectivity index (χ1) is 8.41. The first-order valence-corrected chi connectivity index (χ1v) is 5.47. The van der Waals surface area contributed by atoms with Crippen molar-refractivity contribution >= 4 is 11.9 Å². The van der Waals surface area contributed by atoms with Crippen LogP contribution in [0.15, 0.2) is 24.3 Å². The van der Waals surface area contributed by atoms with E-state index in [-0.39, 0.29) is 12.2 Å². The van der Waals surface area contributed by atoms with Crippen LogP contribution < -0.4 is 11.1 Å². The summed E-state index contributed by atoms with van der Waals surface area (Å²) in [6.07, 6.45) is 0.000463. The number of phenols is 1. The minimum absolute atomic E-state index is 0.000463. The molecule has 2 atom stereocenters. The van der Waals surface area contributed by atoms with Gasteiger partial charge in [-0.05, 0) is 18.6 Å². The molecule has 98 valence electrons. The number of benzene rings is 1. The molecule has 18 heavy (non-hydrogen) atoms. The molecule has 6 nitrogen and oxygen atoms in total. The monoisotopic (exact) mass is 252 g/mol. The quantitative estimate of drug-likeness (QED) is 0.582. The van der Waals surface area contributed by atoms with Crippen LogP contribution in [0.3, 0.4) is 0 Å². The molecule has 0 saturated heterocycles. The zero-order valence-corrected chi connectivity index (χ0v) is 9.96. The third-order valence-electron chi connectivity index (χ3n) is 2.44. The maximum absolute atomic E-state index is 11.4. The number of aliphatic carboxylic acids is 1. The lowest BCUT2D eigenvalue weighted by Gasteiger charge is -2.16. The Balaban J connectivity index is 2.79. The minimum atomic E-state index is -1.17. The number of carbonyl (C=O) groups is 2. The van der Waals surface area contributed by atoms with E-state index < -0.39 is 24.0 Å². The number of carboxylic acid groups (broad SMARTS) is 1. The van der Waals surface area contributed by atoms with E-state index in [0.717, 1.165) is 0 Å². The zero-order chi connectivity index (χ0) is 13.7. The highest BCUT2D eigenvalue weighted by molar-refractivity contribution is 5.86. The van der Waals surface area contributed by atoms with E-state index >= 15 is 0 Å². The fourth-order valence-electron chi connectivity index (χ4n) is 1.41. The number of aromatic hydroxyl groups is 1. The van der Waals surface area contributed by atoms with Gasteiger partial charge in [0.25, 0.3) is 0 Å². The summed E-state index contributed by atoms with van der Waals surface area (Å²) in [6.45, 7) is 1.47. The molecule has 0 saturated carbocycles. The molecular formula is C12H16N2O4. The fourth-order valence-corrected chi connectivity index (χ4v) is 1.41. The van der Waals surface area contributed by atoms with E-state index in [1.807, 2.05) is 0 Å². The molecule has 0 bridgehead atoms. The third kappa shape index (κ3) is 3.74. The van der Waals surface area contributed by atoms with Crippen LogP contribution in [-0.2, 0) is 16.0 Å². The number of phenolic OH excluding ortho intramolecular Hbond substituents is 1. The van der Waals surface area contributed by atoms with Gasteiger partial charge in [-0.2, -0.15) is 0 Å². The lowest BCUT2D eigenvalue weighted by atomic mass is 10.0. The van der Waals surface area contributed by atoms with Gasteiger partial charge in [-0.1, -0.05) is 18.2 Å². The number of hydrogen-bond acceptors (Lipinski definition) is 4. The largest absolute Gasteiger partial charge is 0.508 e. The zero-order valence-electron chi connectivity index (χ0n) is 9.96. The molecule has 1 amide bonds. The lowest BCUT2D eigenvalue weighted by Crippen LogP contribution is -2.48. The van der Waals surface area contributed by atoms with Crippen LogP contribution in [0, 0.1) is 0 Å². The standard InChI is InChI=1S/C12H16N2O4/c1-7(13)11(16)14-9(12(17)18)6-8-4-2-3-5-10(8)15/h2-5,7,9,15H,6,13H2,1H3,(H,14,16)(H,17,18).